The standard InChI is InChI=1S/C14H19N3O2/c1-16-14(19)10-4-2-3-5-12(10)17-13(18)8-11(15)9-6-7-9/h2-5,9,11H,6-8,15H2,1H3,(H,16,19)(H,17,18). The molecular weight excluding hydrogens is 242 g/mol. The molecular formula is C14H19N3O2. The molecule has 0 saturated heterocycles. The smallest absolute Gasteiger partial charge is 0.253 e. The van der Waals surface area contributed by atoms with Crippen molar-refractivity contribution < 1.29 is 9.59 Å². The van der Waals surface area contributed by atoms with Crippen molar-refractivity contribution in [3.8, 4) is 0 Å². The summed E-state index contributed by atoms with van der Waals surface area (Å²) in [6, 6.07) is 6.85. The zero-order chi connectivity index (χ0) is 13.8. The second-order valence-corrected chi connectivity index (χ2v) is 4.88. The number of benzene rings is 1. The van der Waals surface area contributed by atoms with E-state index >= 15 is 0 Å². The SMILES string of the molecule is CNC(=O)c1ccccc1NC(=O)CC(N)C1CC1. The number of para-hydroxylation sites is 1. The van der Waals surface area contributed by atoms with Crippen LogP contribution < -0.4 is 16.4 Å². The van der Waals surface area contributed by atoms with Crippen LogP contribution in [0.2, 0.25) is 0 Å². The summed E-state index contributed by atoms with van der Waals surface area (Å²) in [6.07, 6.45) is 2.53. The second kappa shape index (κ2) is 5.84. The maximum atomic E-state index is 11.9. The summed E-state index contributed by atoms with van der Waals surface area (Å²) in [5, 5.41) is 5.31. The third-order valence-electron chi connectivity index (χ3n) is 3.32. The van der Waals surface area contributed by atoms with Gasteiger partial charge in [-0.1, -0.05) is 12.1 Å². The summed E-state index contributed by atoms with van der Waals surface area (Å²) in [5.74, 6) is 0.123. The molecule has 19 heavy (non-hydrogen) atoms. The molecule has 0 heterocycles. The zero-order valence-corrected chi connectivity index (χ0v) is 11.0. The minimum absolute atomic E-state index is 0.0767. The minimum Gasteiger partial charge on any atom is -0.355 e. The first-order valence-electron chi connectivity index (χ1n) is 6.48. The van der Waals surface area contributed by atoms with Crippen molar-refractivity contribution in [2.45, 2.75) is 25.3 Å². The Kier molecular flexibility index (Phi) is 4.16. The van der Waals surface area contributed by atoms with Crippen LogP contribution in [0.1, 0.15) is 29.6 Å². The van der Waals surface area contributed by atoms with E-state index in [4.69, 9.17) is 5.73 Å². The van der Waals surface area contributed by atoms with Crippen molar-refractivity contribution in [2.75, 3.05) is 12.4 Å². The van der Waals surface area contributed by atoms with E-state index in [0.717, 1.165) is 12.8 Å². The van der Waals surface area contributed by atoms with Crippen LogP contribution in [0.25, 0.3) is 0 Å². The van der Waals surface area contributed by atoms with Crippen LogP contribution in [0, 0.1) is 5.92 Å². The fraction of sp³-hybridized carbons (Fsp3) is 0.429. The van der Waals surface area contributed by atoms with E-state index in [9.17, 15) is 9.59 Å². The molecule has 0 aliphatic heterocycles. The fourth-order valence-corrected chi connectivity index (χ4v) is 2.03. The molecule has 102 valence electrons. The first kappa shape index (κ1) is 13.5. The molecule has 1 aliphatic rings. The first-order chi connectivity index (χ1) is 9.11. The van der Waals surface area contributed by atoms with Crippen molar-refractivity contribution in [3.63, 3.8) is 0 Å². The van der Waals surface area contributed by atoms with Crippen molar-refractivity contribution in [1.82, 2.24) is 5.32 Å². The van der Waals surface area contributed by atoms with Crippen molar-refractivity contribution in [3.05, 3.63) is 29.8 Å². The van der Waals surface area contributed by atoms with Gasteiger partial charge in [-0.3, -0.25) is 9.59 Å². The predicted octanol–water partition coefficient (Wildman–Crippen LogP) is 1.11. The lowest BCUT2D eigenvalue weighted by molar-refractivity contribution is -0.116. The number of amides is 2. The Bertz CT molecular complexity index is 483. The van der Waals surface area contributed by atoms with Gasteiger partial charge < -0.3 is 16.4 Å². The summed E-state index contributed by atoms with van der Waals surface area (Å²) >= 11 is 0. The number of nitrogens with two attached hydrogens (primary N) is 1. The van der Waals surface area contributed by atoms with Crippen LogP contribution in [0.5, 0.6) is 0 Å². The topological polar surface area (TPSA) is 84.2 Å². The molecule has 5 nitrogen and oxygen atoms in total. The molecule has 1 atom stereocenters. The highest BCUT2D eigenvalue weighted by Crippen LogP contribution is 2.32. The molecule has 1 aromatic carbocycles. The summed E-state index contributed by atoms with van der Waals surface area (Å²) < 4.78 is 0. The van der Waals surface area contributed by atoms with Gasteiger partial charge in [0.15, 0.2) is 0 Å². The van der Waals surface area contributed by atoms with Gasteiger partial charge in [0.2, 0.25) is 5.91 Å². The monoisotopic (exact) mass is 261 g/mol. The Balaban J connectivity index is 2.01. The number of hydrogen-bond donors (Lipinski definition) is 3. The van der Waals surface area contributed by atoms with Gasteiger partial charge in [0.1, 0.15) is 0 Å². The van der Waals surface area contributed by atoms with Crippen LogP contribution in [-0.2, 0) is 4.79 Å². The molecule has 2 rings (SSSR count). The predicted molar refractivity (Wildman–Crippen MR) is 73.8 cm³/mol. The highest BCUT2D eigenvalue weighted by Gasteiger charge is 2.29. The number of hydrogen-bond acceptors (Lipinski definition) is 3. The molecule has 1 aliphatic carbocycles. The molecule has 1 saturated carbocycles. The molecule has 0 aromatic heterocycles. The average Bonchev–Trinajstić information content (AvgIpc) is 3.22. The quantitative estimate of drug-likeness (QED) is 0.742. The Hall–Kier alpha value is -1.88. The van der Waals surface area contributed by atoms with Crippen molar-refractivity contribution >= 4 is 17.5 Å². The van der Waals surface area contributed by atoms with Gasteiger partial charge in [-0.25, -0.2) is 0 Å². The third kappa shape index (κ3) is 3.54. The fourth-order valence-electron chi connectivity index (χ4n) is 2.03. The lowest BCUT2D eigenvalue weighted by atomic mass is 10.1. The molecule has 1 unspecified atom stereocenters. The van der Waals surface area contributed by atoms with Gasteiger partial charge in [0.05, 0.1) is 11.3 Å². The average molecular weight is 261 g/mol. The van der Waals surface area contributed by atoms with Crippen LogP contribution in [-0.4, -0.2) is 24.9 Å². The maximum Gasteiger partial charge on any atom is 0.253 e. The molecule has 2 amide bonds. The van der Waals surface area contributed by atoms with Crippen LogP contribution in [0.15, 0.2) is 24.3 Å². The van der Waals surface area contributed by atoms with Crippen LogP contribution >= 0.6 is 0 Å². The van der Waals surface area contributed by atoms with E-state index in [0.29, 0.717) is 23.6 Å². The van der Waals surface area contributed by atoms with E-state index in [1.54, 1.807) is 31.3 Å². The van der Waals surface area contributed by atoms with E-state index in [1.165, 1.54) is 0 Å². The molecule has 0 spiro atoms. The molecule has 0 radical (unpaired) electrons. The van der Waals surface area contributed by atoms with Gasteiger partial charge in [0, 0.05) is 19.5 Å². The summed E-state index contributed by atoms with van der Waals surface area (Å²) in [6.45, 7) is 0. The molecule has 1 fully saturated rings. The van der Waals surface area contributed by atoms with Gasteiger partial charge in [-0.2, -0.15) is 0 Å². The van der Waals surface area contributed by atoms with E-state index in [-0.39, 0.29) is 17.9 Å². The maximum absolute atomic E-state index is 11.9. The zero-order valence-electron chi connectivity index (χ0n) is 11.0. The van der Waals surface area contributed by atoms with Gasteiger partial charge in [0.25, 0.3) is 5.91 Å². The van der Waals surface area contributed by atoms with E-state index < -0.39 is 0 Å². The second-order valence-electron chi connectivity index (χ2n) is 4.88. The number of rotatable bonds is 5. The van der Waals surface area contributed by atoms with E-state index in [2.05, 4.69) is 10.6 Å². The first-order valence-corrected chi connectivity index (χ1v) is 6.48. The van der Waals surface area contributed by atoms with Crippen LogP contribution in [0.3, 0.4) is 0 Å². The highest BCUT2D eigenvalue weighted by molar-refractivity contribution is 6.03. The number of nitrogens with one attached hydrogen (secondary N) is 2. The minimum atomic E-state index is -0.220. The normalized spacial score (nSPS) is 15.7. The van der Waals surface area contributed by atoms with Gasteiger partial charge in [-0.05, 0) is 30.9 Å². The lowest BCUT2D eigenvalue weighted by Crippen LogP contribution is -2.29. The highest BCUT2D eigenvalue weighted by atomic mass is 16.2. The summed E-state index contributed by atoms with van der Waals surface area (Å²) in [7, 11) is 1.56. The van der Waals surface area contributed by atoms with E-state index in [1.807, 2.05) is 0 Å². The van der Waals surface area contributed by atoms with Crippen molar-refractivity contribution in [1.29, 1.82) is 0 Å². The summed E-state index contributed by atoms with van der Waals surface area (Å²) in [4.78, 5) is 23.6. The van der Waals surface area contributed by atoms with Gasteiger partial charge in [-0.15, -0.1) is 0 Å². The molecule has 4 N–H and O–H groups in total. The summed E-state index contributed by atoms with van der Waals surface area (Å²) in [5.41, 5.74) is 6.90. The molecule has 0 bridgehead atoms. The largest absolute Gasteiger partial charge is 0.355 e. The number of carbonyl (C=O) groups excluding carboxylic acids is 2. The Morgan fingerprint density at radius 2 is 2.05 bits per heavy atom. The van der Waals surface area contributed by atoms with Crippen LogP contribution in [0.4, 0.5) is 5.69 Å². The third-order valence-corrected chi connectivity index (χ3v) is 3.32. The molecule has 1 aromatic rings. The number of anilines is 1. The van der Waals surface area contributed by atoms with Crippen molar-refractivity contribution in [2.24, 2.45) is 11.7 Å². The molecule has 5 heteroatoms. The Labute approximate surface area is 112 Å². The Morgan fingerprint density at radius 3 is 2.68 bits per heavy atom. The van der Waals surface area contributed by atoms with Gasteiger partial charge >= 0.3 is 0 Å². The lowest BCUT2D eigenvalue weighted by Gasteiger charge is -2.12. The Morgan fingerprint density at radius 1 is 1.37 bits per heavy atom. The number of carbonyl (C=O) groups is 2.